The average Bonchev–Trinajstić information content (AvgIpc) is 3.95. The van der Waals surface area contributed by atoms with Crippen molar-refractivity contribution < 1.29 is 8.83 Å². The van der Waals surface area contributed by atoms with Gasteiger partial charge in [-0.05, 0) is 90.0 Å². The largest absolute Gasteiger partial charge is 0.456 e. The van der Waals surface area contributed by atoms with Gasteiger partial charge in [0.25, 0.3) is 0 Å². The van der Waals surface area contributed by atoms with Crippen LogP contribution in [0.5, 0.6) is 0 Å². The Morgan fingerprint density at radius 1 is 0.308 bits per heavy atom. The summed E-state index contributed by atoms with van der Waals surface area (Å²) in [6.07, 6.45) is 0. The summed E-state index contributed by atoms with van der Waals surface area (Å²) in [6.45, 7) is 0. The van der Waals surface area contributed by atoms with Gasteiger partial charge in [-0.15, -0.1) is 0 Å². The number of rotatable bonds is 3. The Kier molecular flexibility index (Phi) is 5.47. The van der Waals surface area contributed by atoms with Crippen molar-refractivity contribution in [3.8, 4) is 22.5 Å². The first-order chi connectivity index (χ1) is 25.8. The van der Waals surface area contributed by atoms with Gasteiger partial charge in [-0.3, -0.25) is 0 Å². The van der Waals surface area contributed by atoms with Crippen LogP contribution in [-0.2, 0) is 0 Å². The van der Waals surface area contributed by atoms with E-state index in [9.17, 15) is 0 Å². The van der Waals surface area contributed by atoms with E-state index in [0.29, 0.717) is 0 Å². The number of furan rings is 2. The van der Waals surface area contributed by atoms with Gasteiger partial charge in [-0.2, -0.15) is 0 Å². The molecule has 0 bridgehead atoms. The van der Waals surface area contributed by atoms with Crippen LogP contribution in [0.2, 0.25) is 0 Å². The molecule has 8 aromatic carbocycles. The Morgan fingerprint density at radius 2 is 0.885 bits per heavy atom. The molecule has 0 spiro atoms. The Hall–Kier alpha value is -7.04. The molecule has 4 heteroatoms. The predicted octanol–water partition coefficient (Wildman–Crippen LogP) is 13.3. The summed E-state index contributed by atoms with van der Waals surface area (Å²) < 4.78 is 17.8. The number of hydrogen-bond acceptors (Lipinski definition) is 2. The van der Waals surface area contributed by atoms with E-state index >= 15 is 0 Å². The molecule has 0 radical (unpaired) electrons. The Labute approximate surface area is 296 Å². The van der Waals surface area contributed by atoms with Crippen LogP contribution in [0.1, 0.15) is 0 Å². The van der Waals surface area contributed by atoms with Crippen molar-refractivity contribution >= 4 is 87.5 Å². The molecule has 12 rings (SSSR count). The van der Waals surface area contributed by atoms with Crippen LogP contribution in [0.25, 0.3) is 110 Å². The fourth-order valence-electron chi connectivity index (χ4n) is 8.68. The number of benzene rings is 8. The van der Waals surface area contributed by atoms with Crippen LogP contribution in [0.15, 0.2) is 179 Å². The molecule has 12 aromatic rings. The smallest absolute Gasteiger partial charge is 0.145 e. The maximum Gasteiger partial charge on any atom is 0.145 e. The van der Waals surface area contributed by atoms with E-state index in [0.717, 1.165) is 93.8 Å². The molecule has 4 nitrogen and oxygen atoms in total. The van der Waals surface area contributed by atoms with Gasteiger partial charge in [0.05, 0.1) is 27.5 Å². The zero-order valence-electron chi connectivity index (χ0n) is 27.9. The minimum absolute atomic E-state index is 0.900. The third-order valence-electron chi connectivity index (χ3n) is 10.9. The maximum atomic E-state index is 6.60. The fourth-order valence-corrected chi connectivity index (χ4v) is 8.68. The zero-order valence-corrected chi connectivity index (χ0v) is 27.9. The quantitative estimate of drug-likeness (QED) is 0.188. The Morgan fingerprint density at radius 3 is 1.67 bits per heavy atom. The van der Waals surface area contributed by atoms with Gasteiger partial charge in [0.15, 0.2) is 0 Å². The van der Waals surface area contributed by atoms with Gasteiger partial charge in [0.2, 0.25) is 0 Å². The van der Waals surface area contributed by atoms with Crippen LogP contribution in [0, 0.1) is 0 Å². The van der Waals surface area contributed by atoms with Crippen LogP contribution in [0.4, 0.5) is 0 Å². The summed E-state index contributed by atoms with van der Waals surface area (Å²) in [5.41, 5.74) is 12.8. The first-order valence-corrected chi connectivity index (χ1v) is 17.7. The van der Waals surface area contributed by atoms with Crippen LogP contribution >= 0.6 is 0 Å². The van der Waals surface area contributed by atoms with Gasteiger partial charge in [0.1, 0.15) is 22.3 Å². The molecule has 4 heterocycles. The van der Waals surface area contributed by atoms with E-state index in [1.807, 2.05) is 12.1 Å². The van der Waals surface area contributed by atoms with Crippen molar-refractivity contribution in [2.75, 3.05) is 0 Å². The Balaban J connectivity index is 1.17. The van der Waals surface area contributed by atoms with Crippen molar-refractivity contribution in [1.29, 1.82) is 0 Å². The predicted molar refractivity (Wildman–Crippen MR) is 215 cm³/mol. The second-order valence-corrected chi connectivity index (χ2v) is 13.7. The topological polar surface area (TPSA) is 36.1 Å². The molecule has 0 unspecified atom stereocenters. The van der Waals surface area contributed by atoms with E-state index < -0.39 is 0 Å². The molecule has 242 valence electrons. The first kappa shape index (κ1) is 27.7. The lowest BCUT2D eigenvalue weighted by atomic mass is 9.99. The zero-order chi connectivity index (χ0) is 33.9. The number of nitrogens with zero attached hydrogens (tertiary/aromatic N) is 2. The molecule has 0 fully saturated rings. The molecule has 4 aromatic heterocycles. The molecule has 0 saturated heterocycles. The van der Waals surface area contributed by atoms with E-state index in [2.05, 4.69) is 167 Å². The van der Waals surface area contributed by atoms with E-state index in [4.69, 9.17) is 8.83 Å². The summed E-state index contributed by atoms with van der Waals surface area (Å²) >= 11 is 0. The van der Waals surface area contributed by atoms with Crippen molar-refractivity contribution in [3.63, 3.8) is 0 Å². The highest BCUT2D eigenvalue weighted by Gasteiger charge is 2.21. The highest BCUT2D eigenvalue weighted by atomic mass is 16.3. The molecular formula is C48H28N2O2. The second-order valence-electron chi connectivity index (χ2n) is 13.7. The monoisotopic (exact) mass is 664 g/mol. The Bertz CT molecular complexity index is 3400. The van der Waals surface area contributed by atoms with Crippen molar-refractivity contribution in [2.45, 2.75) is 0 Å². The van der Waals surface area contributed by atoms with Gasteiger partial charge in [-0.1, -0.05) is 91.0 Å². The average molecular weight is 665 g/mol. The van der Waals surface area contributed by atoms with Gasteiger partial charge in [-0.25, -0.2) is 0 Å². The molecule has 0 amide bonds. The minimum atomic E-state index is 0.900. The lowest BCUT2D eigenvalue weighted by molar-refractivity contribution is 0.669. The van der Waals surface area contributed by atoms with Crippen molar-refractivity contribution in [3.05, 3.63) is 170 Å². The summed E-state index contributed by atoms with van der Waals surface area (Å²) in [5.74, 6) is 0. The highest BCUT2D eigenvalue weighted by molar-refractivity contribution is 6.28. The molecule has 0 aliphatic rings. The normalized spacial score (nSPS) is 12.2. The fraction of sp³-hybridized carbons (Fsp3) is 0. The standard InChI is InChI=1S/C48H28N2O2/c1-3-11-31(12-4-1)49-38-23-20-29(27-37(38)45-39(49)25-26-44-47(45)36-16-8-10-18-43(36)51-44)30-19-21-35-41(28-30)50(32-13-5-2-6-14-32)40-24-22-34-33-15-7-9-17-42(33)52-48(34)46(35)40/h1-28H. The van der Waals surface area contributed by atoms with E-state index in [1.54, 1.807) is 0 Å². The molecular weight excluding hydrogens is 637 g/mol. The van der Waals surface area contributed by atoms with Gasteiger partial charge in [0, 0.05) is 49.1 Å². The third kappa shape index (κ3) is 3.70. The molecule has 0 atom stereocenters. The lowest BCUT2D eigenvalue weighted by Crippen LogP contribution is -1.93. The SMILES string of the molecule is c1ccc(-n2c3cc(-c4ccc5c(c4)c4c6c(ccc4n5-c4ccccc4)oc4ccccc46)ccc3c3c4oc5ccccc5c4ccc32)cc1. The van der Waals surface area contributed by atoms with Crippen LogP contribution in [0.3, 0.4) is 0 Å². The lowest BCUT2D eigenvalue weighted by Gasteiger charge is -2.10. The van der Waals surface area contributed by atoms with E-state index in [-0.39, 0.29) is 0 Å². The van der Waals surface area contributed by atoms with Crippen LogP contribution < -0.4 is 0 Å². The maximum absolute atomic E-state index is 6.60. The van der Waals surface area contributed by atoms with Crippen molar-refractivity contribution in [1.82, 2.24) is 9.13 Å². The summed E-state index contributed by atoms with van der Waals surface area (Å²) in [7, 11) is 0. The number of hydrogen-bond donors (Lipinski definition) is 0. The first-order valence-electron chi connectivity index (χ1n) is 17.7. The molecule has 0 aliphatic carbocycles. The minimum Gasteiger partial charge on any atom is -0.456 e. The van der Waals surface area contributed by atoms with Gasteiger partial charge >= 0.3 is 0 Å². The van der Waals surface area contributed by atoms with Crippen molar-refractivity contribution in [2.24, 2.45) is 0 Å². The third-order valence-corrected chi connectivity index (χ3v) is 10.9. The van der Waals surface area contributed by atoms with Gasteiger partial charge < -0.3 is 18.0 Å². The van der Waals surface area contributed by atoms with E-state index in [1.165, 1.54) is 16.2 Å². The molecule has 0 saturated carbocycles. The second kappa shape index (κ2) is 10.3. The summed E-state index contributed by atoms with van der Waals surface area (Å²) in [4.78, 5) is 0. The molecule has 52 heavy (non-hydrogen) atoms. The number of aromatic nitrogens is 2. The van der Waals surface area contributed by atoms with Crippen LogP contribution in [-0.4, -0.2) is 9.13 Å². The number of para-hydroxylation sites is 4. The molecule has 0 N–H and O–H groups in total. The molecule has 0 aliphatic heterocycles. The highest BCUT2D eigenvalue weighted by Crippen LogP contribution is 2.44. The summed E-state index contributed by atoms with van der Waals surface area (Å²) in [5, 5.41) is 9.26. The number of fused-ring (bicyclic) bond motifs is 14. The summed E-state index contributed by atoms with van der Waals surface area (Å²) in [6, 6.07) is 60.5.